The van der Waals surface area contributed by atoms with Gasteiger partial charge in [-0.25, -0.2) is 0 Å². The Morgan fingerprint density at radius 2 is 2.06 bits per heavy atom. The van der Waals surface area contributed by atoms with Crippen molar-refractivity contribution in [2.45, 2.75) is 27.3 Å². The van der Waals surface area contributed by atoms with Gasteiger partial charge in [-0.15, -0.1) is 0 Å². The third kappa shape index (κ3) is 2.07. The van der Waals surface area contributed by atoms with E-state index < -0.39 is 0 Å². The monoisotopic (exact) mass is 222 g/mol. The van der Waals surface area contributed by atoms with E-state index in [-0.39, 0.29) is 0 Å². The summed E-state index contributed by atoms with van der Waals surface area (Å²) in [4.78, 5) is 2.43. The van der Waals surface area contributed by atoms with Gasteiger partial charge in [0.1, 0.15) is 5.82 Å². The molecule has 1 saturated heterocycles. The van der Waals surface area contributed by atoms with Crippen molar-refractivity contribution in [2.24, 2.45) is 18.4 Å². The minimum Gasteiger partial charge on any atom is -0.384 e. The molecule has 4 heteroatoms. The Hall–Kier alpha value is -1.03. The number of nitrogens with two attached hydrogens (primary N) is 1. The van der Waals surface area contributed by atoms with Gasteiger partial charge in [0, 0.05) is 32.2 Å². The Morgan fingerprint density at radius 1 is 1.44 bits per heavy atom. The highest BCUT2D eigenvalue weighted by Crippen LogP contribution is 2.34. The van der Waals surface area contributed by atoms with Gasteiger partial charge in [0.05, 0.1) is 6.20 Å². The summed E-state index contributed by atoms with van der Waals surface area (Å²) < 4.78 is 1.73. The molecule has 0 aliphatic carbocycles. The number of hydrogen-bond donors (Lipinski definition) is 1. The second-order valence-electron chi connectivity index (χ2n) is 5.94. The van der Waals surface area contributed by atoms with Crippen LogP contribution in [0.2, 0.25) is 0 Å². The van der Waals surface area contributed by atoms with Crippen LogP contribution in [0.3, 0.4) is 0 Å². The lowest BCUT2D eigenvalue weighted by atomic mass is 9.76. The SMILES string of the molecule is Cn1ncc(CN2CC(C(C)(C)C)C2)c1N. The molecule has 1 fully saturated rings. The lowest BCUT2D eigenvalue weighted by Gasteiger charge is -2.46. The summed E-state index contributed by atoms with van der Waals surface area (Å²) in [5.74, 6) is 1.60. The normalized spacial score (nSPS) is 18.8. The number of aromatic nitrogens is 2. The molecule has 90 valence electrons. The smallest absolute Gasteiger partial charge is 0.125 e. The van der Waals surface area contributed by atoms with E-state index in [1.54, 1.807) is 4.68 Å². The predicted octanol–water partition coefficient (Wildman–Crippen LogP) is 1.48. The summed E-state index contributed by atoms with van der Waals surface area (Å²) in [6.45, 7) is 10.2. The summed E-state index contributed by atoms with van der Waals surface area (Å²) in [5, 5.41) is 4.16. The molecule has 4 nitrogen and oxygen atoms in total. The molecule has 0 aromatic carbocycles. The Bertz CT molecular complexity index is 369. The minimum atomic E-state index is 0.428. The van der Waals surface area contributed by atoms with E-state index in [0.717, 1.165) is 23.8 Å². The van der Waals surface area contributed by atoms with Crippen molar-refractivity contribution in [1.82, 2.24) is 14.7 Å². The van der Waals surface area contributed by atoms with Gasteiger partial charge in [0.15, 0.2) is 0 Å². The fourth-order valence-electron chi connectivity index (χ4n) is 2.10. The van der Waals surface area contributed by atoms with Crippen molar-refractivity contribution in [1.29, 1.82) is 0 Å². The quantitative estimate of drug-likeness (QED) is 0.824. The minimum absolute atomic E-state index is 0.428. The Balaban J connectivity index is 1.89. The van der Waals surface area contributed by atoms with Gasteiger partial charge in [0.2, 0.25) is 0 Å². The summed E-state index contributed by atoms with van der Waals surface area (Å²) in [6, 6.07) is 0. The third-order valence-corrected chi connectivity index (χ3v) is 3.64. The molecule has 0 atom stereocenters. The molecule has 0 unspecified atom stereocenters. The van der Waals surface area contributed by atoms with Gasteiger partial charge in [0.25, 0.3) is 0 Å². The maximum absolute atomic E-state index is 5.92. The van der Waals surface area contributed by atoms with Crippen molar-refractivity contribution >= 4 is 5.82 Å². The number of likely N-dealkylation sites (tertiary alicyclic amines) is 1. The fraction of sp³-hybridized carbons (Fsp3) is 0.750. The molecular weight excluding hydrogens is 200 g/mol. The van der Waals surface area contributed by atoms with Crippen LogP contribution in [0.4, 0.5) is 5.82 Å². The van der Waals surface area contributed by atoms with Gasteiger partial charge >= 0.3 is 0 Å². The molecule has 16 heavy (non-hydrogen) atoms. The molecule has 1 aliphatic rings. The predicted molar refractivity (Wildman–Crippen MR) is 65.8 cm³/mol. The number of nitrogen functional groups attached to an aromatic ring is 1. The molecule has 2 rings (SSSR count). The summed E-state index contributed by atoms with van der Waals surface area (Å²) in [7, 11) is 1.88. The van der Waals surface area contributed by atoms with Crippen LogP contribution in [-0.4, -0.2) is 27.8 Å². The fourth-order valence-corrected chi connectivity index (χ4v) is 2.10. The highest BCUT2D eigenvalue weighted by atomic mass is 15.3. The average molecular weight is 222 g/mol. The molecular formula is C12H22N4. The average Bonchev–Trinajstić information content (AvgIpc) is 2.39. The molecule has 1 aliphatic heterocycles. The number of anilines is 1. The van der Waals surface area contributed by atoms with Crippen LogP contribution in [0.25, 0.3) is 0 Å². The van der Waals surface area contributed by atoms with Crippen LogP contribution in [0, 0.1) is 11.3 Å². The number of nitrogens with zero attached hydrogens (tertiary/aromatic N) is 3. The van der Waals surface area contributed by atoms with Crippen molar-refractivity contribution in [2.75, 3.05) is 18.8 Å². The first kappa shape index (κ1) is 11.5. The Morgan fingerprint density at radius 3 is 2.50 bits per heavy atom. The highest BCUT2D eigenvalue weighted by molar-refractivity contribution is 5.38. The number of aryl methyl sites for hydroxylation is 1. The van der Waals surface area contributed by atoms with E-state index >= 15 is 0 Å². The number of hydrogen-bond acceptors (Lipinski definition) is 3. The second-order valence-corrected chi connectivity index (χ2v) is 5.94. The van der Waals surface area contributed by atoms with Crippen LogP contribution in [0.1, 0.15) is 26.3 Å². The largest absolute Gasteiger partial charge is 0.384 e. The lowest BCUT2D eigenvalue weighted by molar-refractivity contribution is 0.0190. The first-order chi connectivity index (χ1) is 7.38. The maximum atomic E-state index is 5.92. The van der Waals surface area contributed by atoms with Crippen molar-refractivity contribution in [3.05, 3.63) is 11.8 Å². The van der Waals surface area contributed by atoms with Crippen molar-refractivity contribution < 1.29 is 0 Å². The molecule has 2 N–H and O–H groups in total. The van der Waals surface area contributed by atoms with Crippen molar-refractivity contribution in [3.8, 4) is 0 Å². The lowest BCUT2D eigenvalue weighted by Crippen LogP contribution is -2.51. The number of rotatable bonds is 2. The van der Waals surface area contributed by atoms with E-state index in [1.165, 1.54) is 13.1 Å². The van der Waals surface area contributed by atoms with E-state index in [4.69, 9.17) is 5.73 Å². The molecule has 1 aromatic heterocycles. The summed E-state index contributed by atoms with van der Waals surface area (Å²) in [5.41, 5.74) is 7.50. The van der Waals surface area contributed by atoms with Crippen LogP contribution in [0.5, 0.6) is 0 Å². The van der Waals surface area contributed by atoms with Crippen LogP contribution in [0.15, 0.2) is 6.20 Å². The van der Waals surface area contributed by atoms with Gasteiger partial charge in [-0.1, -0.05) is 20.8 Å². The first-order valence-corrected chi connectivity index (χ1v) is 5.86. The van der Waals surface area contributed by atoms with E-state index in [0.29, 0.717) is 5.41 Å². The van der Waals surface area contributed by atoms with E-state index in [2.05, 4.69) is 30.8 Å². The molecule has 2 heterocycles. The Labute approximate surface area is 97.4 Å². The molecule has 0 radical (unpaired) electrons. The summed E-state index contributed by atoms with van der Waals surface area (Å²) >= 11 is 0. The van der Waals surface area contributed by atoms with Gasteiger partial charge in [-0.3, -0.25) is 9.58 Å². The zero-order valence-corrected chi connectivity index (χ0v) is 10.7. The van der Waals surface area contributed by atoms with Crippen LogP contribution in [-0.2, 0) is 13.6 Å². The van der Waals surface area contributed by atoms with Crippen LogP contribution >= 0.6 is 0 Å². The topological polar surface area (TPSA) is 47.1 Å². The third-order valence-electron chi connectivity index (χ3n) is 3.64. The Kier molecular flexibility index (Phi) is 2.70. The maximum Gasteiger partial charge on any atom is 0.125 e. The summed E-state index contributed by atoms with van der Waals surface area (Å²) in [6.07, 6.45) is 1.87. The molecule has 1 aromatic rings. The van der Waals surface area contributed by atoms with Gasteiger partial charge in [-0.2, -0.15) is 5.10 Å². The van der Waals surface area contributed by atoms with Crippen LogP contribution < -0.4 is 5.73 Å². The first-order valence-electron chi connectivity index (χ1n) is 5.86. The zero-order valence-electron chi connectivity index (χ0n) is 10.7. The molecule has 0 amide bonds. The van der Waals surface area contributed by atoms with Gasteiger partial charge in [-0.05, 0) is 11.3 Å². The van der Waals surface area contributed by atoms with E-state index in [9.17, 15) is 0 Å². The molecule has 0 saturated carbocycles. The molecule has 0 spiro atoms. The van der Waals surface area contributed by atoms with E-state index in [1.807, 2.05) is 13.2 Å². The molecule has 0 bridgehead atoms. The van der Waals surface area contributed by atoms with Crippen molar-refractivity contribution in [3.63, 3.8) is 0 Å². The van der Waals surface area contributed by atoms with Gasteiger partial charge < -0.3 is 5.73 Å². The standard InChI is InChI=1S/C12H22N4/c1-12(2,3)10-7-16(8-10)6-9-5-14-15(4)11(9)13/h5,10H,6-8,13H2,1-4H3. The second kappa shape index (κ2) is 3.77. The highest BCUT2D eigenvalue weighted by Gasteiger charge is 2.35. The zero-order chi connectivity index (χ0) is 11.9.